The molecule has 1 fully saturated rings. The molecule has 36 heavy (non-hydrogen) atoms. The quantitative estimate of drug-likeness (QED) is 0.221. The number of rotatable bonds is 6. The molecule has 1 aromatic heterocycles. The number of methoxy groups -OCH3 is 1. The lowest BCUT2D eigenvalue weighted by molar-refractivity contribution is -0.139. The second kappa shape index (κ2) is 9.34. The van der Waals surface area contributed by atoms with E-state index in [2.05, 4.69) is 4.98 Å². The Morgan fingerprint density at radius 3 is 2.56 bits per heavy atom. The number of carbonyl (C=O) groups is 2. The average molecular weight is 485 g/mol. The number of fused-ring (bicyclic) bond motifs is 1. The fourth-order valence-corrected chi connectivity index (χ4v) is 4.84. The van der Waals surface area contributed by atoms with Crippen molar-refractivity contribution in [1.29, 1.82) is 0 Å². The van der Waals surface area contributed by atoms with Crippen molar-refractivity contribution in [2.75, 3.05) is 13.7 Å². The van der Waals surface area contributed by atoms with E-state index in [1.165, 1.54) is 17.0 Å². The Labute approximate surface area is 207 Å². The van der Waals surface area contributed by atoms with E-state index in [1.54, 1.807) is 43.6 Å². The molecule has 1 unspecified atom stereocenters. The van der Waals surface area contributed by atoms with Gasteiger partial charge in [0, 0.05) is 34.8 Å². The van der Waals surface area contributed by atoms with Crippen LogP contribution in [0, 0.1) is 12.7 Å². The Kier molecular flexibility index (Phi) is 6.06. The first-order valence-corrected chi connectivity index (χ1v) is 11.6. The highest BCUT2D eigenvalue weighted by atomic mass is 19.1. The number of aliphatic hydroxyl groups is 1. The number of nitrogens with zero attached hydrogens (tertiary/aromatic N) is 1. The Morgan fingerprint density at radius 2 is 1.83 bits per heavy atom. The van der Waals surface area contributed by atoms with Crippen molar-refractivity contribution >= 4 is 28.4 Å². The number of aryl methyl sites for hydroxylation is 1. The van der Waals surface area contributed by atoms with Crippen LogP contribution in [0.25, 0.3) is 16.7 Å². The lowest BCUT2D eigenvalue weighted by Crippen LogP contribution is -2.31. The second-order valence-electron chi connectivity index (χ2n) is 8.84. The molecule has 0 spiro atoms. The van der Waals surface area contributed by atoms with Crippen LogP contribution in [0.2, 0.25) is 0 Å². The van der Waals surface area contributed by atoms with Crippen LogP contribution in [0.5, 0.6) is 5.75 Å². The number of amides is 1. The van der Waals surface area contributed by atoms with Gasteiger partial charge >= 0.3 is 0 Å². The zero-order valence-electron chi connectivity index (χ0n) is 19.9. The summed E-state index contributed by atoms with van der Waals surface area (Å²) in [5.41, 5.74) is 3.66. The van der Waals surface area contributed by atoms with Crippen molar-refractivity contribution in [3.05, 3.63) is 107 Å². The lowest BCUT2D eigenvalue weighted by Gasteiger charge is -2.25. The Hall–Kier alpha value is -4.39. The molecule has 0 radical (unpaired) electrons. The highest BCUT2D eigenvalue weighted by Gasteiger charge is 2.46. The molecular weight excluding hydrogens is 459 g/mol. The van der Waals surface area contributed by atoms with Gasteiger partial charge in [-0.3, -0.25) is 9.59 Å². The molecule has 1 atom stereocenters. The number of benzene rings is 3. The molecule has 1 saturated heterocycles. The van der Waals surface area contributed by atoms with Crippen molar-refractivity contribution in [3.63, 3.8) is 0 Å². The van der Waals surface area contributed by atoms with Gasteiger partial charge in [0.25, 0.3) is 11.7 Å². The number of Topliss-reactive ketones (excluding diaryl/α,β-unsaturated/α-hetero) is 1. The molecule has 2 N–H and O–H groups in total. The van der Waals surface area contributed by atoms with Crippen LogP contribution in [-0.4, -0.2) is 40.3 Å². The maximum atomic E-state index is 13.4. The standard InChI is InChI=1S/C29H25FN2O4/c1-17-15-19(9-12-24(17)36-2)27(33)25-26(22-16-31-23-6-4-3-5-21(22)23)32(29(35)28(25)34)14-13-18-7-10-20(30)11-8-18/h3-12,15-16,26,31,33H,13-14H2,1-2H3/b27-25+. The molecule has 0 saturated carbocycles. The predicted molar refractivity (Wildman–Crippen MR) is 135 cm³/mol. The molecular formula is C29H25FN2O4. The number of ether oxygens (including phenoxy) is 1. The van der Waals surface area contributed by atoms with Gasteiger partial charge in [0.15, 0.2) is 0 Å². The van der Waals surface area contributed by atoms with E-state index in [-0.39, 0.29) is 23.7 Å². The molecule has 182 valence electrons. The van der Waals surface area contributed by atoms with Crippen LogP contribution in [0.1, 0.15) is 28.3 Å². The molecule has 5 rings (SSSR count). The van der Waals surface area contributed by atoms with Crippen molar-refractivity contribution in [2.45, 2.75) is 19.4 Å². The maximum Gasteiger partial charge on any atom is 0.295 e. The highest BCUT2D eigenvalue weighted by Crippen LogP contribution is 2.42. The van der Waals surface area contributed by atoms with Gasteiger partial charge in [-0.25, -0.2) is 4.39 Å². The Bertz CT molecular complexity index is 1500. The number of carbonyl (C=O) groups excluding carboxylic acids is 2. The second-order valence-corrected chi connectivity index (χ2v) is 8.84. The molecule has 1 aliphatic heterocycles. The predicted octanol–water partition coefficient (Wildman–Crippen LogP) is 5.29. The number of aromatic amines is 1. The fraction of sp³-hybridized carbons (Fsp3) is 0.172. The number of H-pyrrole nitrogens is 1. The monoisotopic (exact) mass is 484 g/mol. The van der Waals surface area contributed by atoms with Crippen molar-refractivity contribution < 1.29 is 23.8 Å². The van der Waals surface area contributed by atoms with E-state index in [0.29, 0.717) is 17.7 Å². The fourth-order valence-electron chi connectivity index (χ4n) is 4.84. The van der Waals surface area contributed by atoms with Gasteiger partial charge in [0.05, 0.1) is 18.7 Å². The number of halogens is 1. The minimum absolute atomic E-state index is 0.0356. The van der Waals surface area contributed by atoms with Crippen LogP contribution in [0.3, 0.4) is 0 Å². The summed E-state index contributed by atoms with van der Waals surface area (Å²) in [6, 6.07) is 18.0. The van der Waals surface area contributed by atoms with Crippen molar-refractivity contribution in [2.24, 2.45) is 0 Å². The van der Waals surface area contributed by atoms with Crippen LogP contribution in [-0.2, 0) is 16.0 Å². The van der Waals surface area contributed by atoms with Gasteiger partial charge in [-0.05, 0) is 60.9 Å². The van der Waals surface area contributed by atoms with Crippen LogP contribution >= 0.6 is 0 Å². The number of aromatic nitrogens is 1. The molecule has 1 amide bonds. The zero-order chi connectivity index (χ0) is 25.4. The minimum atomic E-state index is -0.788. The third-order valence-electron chi connectivity index (χ3n) is 6.68. The first-order chi connectivity index (χ1) is 17.4. The Morgan fingerprint density at radius 1 is 1.08 bits per heavy atom. The summed E-state index contributed by atoms with van der Waals surface area (Å²) >= 11 is 0. The number of para-hydroxylation sites is 1. The van der Waals surface area contributed by atoms with E-state index in [4.69, 9.17) is 4.74 Å². The smallest absolute Gasteiger partial charge is 0.295 e. The molecule has 6 nitrogen and oxygen atoms in total. The van der Waals surface area contributed by atoms with E-state index >= 15 is 0 Å². The largest absolute Gasteiger partial charge is 0.507 e. The number of ketones is 1. The van der Waals surface area contributed by atoms with Gasteiger partial charge in [-0.1, -0.05) is 30.3 Å². The number of hydrogen-bond donors (Lipinski definition) is 2. The summed E-state index contributed by atoms with van der Waals surface area (Å²) in [4.78, 5) is 31.3. The van der Waals surface area contributed by atoms with Crippen molar-refractivity contribution in [3.8, 4) is 5.75 Å². The van der Waals surface area contributed by atoms with Gasteiger partial charge in [-0.2, -0.15) is 0 Å². The summed E-state index contributed by atoms with van der Waals surface area (Å²) in [6.45, 7) is 2.06. The summed E-state index contributed by atoms with van der Waals surface area (Å²) in [5, 5.41) is 12.2. The van der Waals surface area contributed by atoms with Crippen molar-refractivity contribution in [1.82, 2.24) is 9.88 Å². The number of hydrogen-bond acceptors (Lipinski definition) is 4. The van der Waals surface area contributed by atoms with E-state index in [9.17, 15) is 19.1 Å². The first-order valence-electron chi connectivity index (χ1n) is 11.6. The summed E-state index contributed by atoms with van der Waals surface area (Å²) < 4.78 is 18.7. The van der Waals surface area contributed by atoms with Gasteiger partial charge in [0.2, 0.25) is 0 Å². The van der Waals surface area contributed by atoms with Crippen LogP contribution < -0.4 is 4.74 Å². The maximum absolute atomic E-state index is 13.4. The molecule has 0 bridgehead atoms. The lowest BCUT2D eigenvalue weighted by atomic mass is 9.94. The molecule has 2 heterocycles. The third kappa shape index (κ3) is 4.02. The van der Waals surface area contributed by atoms with Gasteiger partial charge < -0.3 is 19.7 Å². The normalized spacial score (nSPS) is 17.2. The van der Waals surface area contributed by atoms with Crippen LogP contribution in [0.15, 0.2) is 78.5 Å². The first kappa shape index (κ1) is 23.4. The SMILES string of the molecule is COc1ccc(/C(O)=C2\C(=O)C(=O)N(CCc3ccc(F)cc3)C2c2c[nH]c3ccccc23)cc1C. The Balaban J connectivity index is 1.62. The number of nitrogens with one attached hydrogen (secondary N) is 1. The molecule has 0 aliphatic carbocycles. The number of likely N-dealkylation sites (tertiary alicyclic amines) is 1. The number of aliphatic hydroxyl groups excluding tert-OH is 1. The van der Waals surface area contributed by atoms with Gasteiger partial charge in [0.1, 0.15) is 17.3 Å². The van der Waals surface area contributed by atoms with E-state index in [0.717, 1.165) is 27.6 Å². The highest BCUT2D eigenvalue weighted by molar-refractivity contribution is 6.46. The topological polar surface area (TPSA) is 82.6 Å². The van der Waals surface area contributed by atoms with E-state index < -0.39 is 17.7 Å². The molecule has 7 heteroatoms. The van der Waals surface area contributed by atoms with Crippen LogP contribution in [0.4, 0.5) is 4.39 Å². The minimum Gasteiger partial charge on any atom is -0.507 e. The zero-order valence-corrected chi connectivity index (χ0v) is 19.9. The summed E-state index contributed by atoms with van der Waals surface area (Å²) in [5.74, 6) is -1.35. The molecule has 3 aromatic carbocycles. The summed E-state index contributed by atoms with van der Waals surface area (Å²) in [6.07, 6.45) is 2.20. The summed E-state index contributed by atoms with van der Waals surface area (Å²) in [7, 11) is 1.56. The van der Waals surface area contributed by atoms with Gasteiger partial charge in [-0.15, -0.1) is 0 Å². The molecule has 4 aromatic rings. The average Bonchev–Trinajstić information content (AvgIpc) is 3.41. The third-order valence-corrected chi connectivity index (χ3v) is 6.68. The molecule has 1 aliphatic rings. The van der Waals surface area contributed by atoms with E-state index in [1.807, 2.05) is 31.2 Å².